The van der Waals surface area contributed by atoms with Crippen LogP contribution in [0.3, 0.4) is 0 Å². The SMILES string of the molecule is CC(C)CCC[C@@H](C)[C@H]1CC[C@H]2[C@@H]3CC[C@H]4C[C@H](N)CC[C@]4(C)[C@H]3CC[C@]12C.C[C@@]12CCC[C@H]1[C@@H]1CC[C@H]3C(N)C(N)CC[C@]3(C)[C@H]1CC2.C[C@@]12CCC[C@H]1[C@@H]1CC[C@H]3C(N)C(O)CC[C@]3(C)[C@H]1CC2.C[C@@]12CCC[C@H]1[C@@H]1CC[C@H]3CC(N)C(N)C[C@]3(C)[C@H]1CC2.C[C@@]12CCC[C@H]1[C@@H]1CC[C@H]3CC(N)C(O)C[C@]3(C)[C@H]1CC2.C[C@@]12CCC[C@H]1[C@@H]1CC[C@H]3C[C@@H](N)CC[C@]3(C)[C@H]1CC2.[Cl-].[Cl-]. The van der Waals surface area contributed by atoms with Crippen LogP contribution in [-0.4, -0.2) is 70.8 Å². The molecule has 0 aromatic heterocycles. The Bertz CT molecular complexity index is 3650. The van der Waals surface area contributed by atoms with Gasteiger partial charge in [0.2, 0.25) is 0 Å². The maximum atomic E-state index is 10.4. The van der Waals surface area contributed by atoms with Crippen LogP contribution in [0.25, 0.3) is 0 Å². The van der Waals surface area contributed by atoms with Crippen molar-refractivity contribution < 1.29 is 35.0 Å². The maximum absolute atomic E-state index is 10.4. The summed E-state index contributed by atoms with van der Waals surface area (Å²) in [6, 6.07) is 2.04. The third-order valence-corrected chi connectivity index (χ3v) is 53.9. The van der Waals surface area contributed by atoms with Gasteiger partial charge >= 0.3 is 0 Å². The van der Waals surface area contributed by atoms with Gasteiger partial charge in [0.05, 0.1) is 12.2 Å². The molecule has 24 rings (SSSR count). The van der Waals surface area contributed by atoms with E-state index in [9.17, 15) is 10.2 Å². The lowest BCUT2D eigenvalue weighted by atomic mass is 9.44. The van der Waals surface area contributed by atoms with Crippen molar-refractivity contribution in [2.45, 2.75) is 537 Å². The third kappa shape index (κ3) is 18.3. The zero-order chi connectivity index (χ0) is 93.4. The van der Waals surface area contributed by atoms with Gasteiger partial charge < -0.3 is 80.9 Å². The summed E-state index contributed by atoms with van der Waals surface area (Å²) in [5.74, 6) is 25.2. The van der Waals surface area contributed by atoms with Crippen molar-refractivity contribution in [3.63, 3.8) is 0 Å². The van der Waals surface area contributed by atoms with Crippen molar-refractivity contribution in [3.05, 3.63) is 0 Å². The van der Waals surface area contributed by atoms with E-state index in [1.165, 1.54) is 347 Å². The van der Waals surface area contributed by atoms with E-state index in [-0.39, 0.29) is 73.3 Å². The lowest BCUT2D eigenvalue weighted by Crippen LogP contribution is -3.00. The average Bonchev–Trinajstić information content (AvgIpc) is 1.40. The number of rotatable bonds is 5. The van der Waals surface area contributed by atoms with Gasteiger partial charge in [-0.1, -0.05) is 155 Å². The van der Waals surface area contributed by atoms with Crippen LogP contribution in [0, 0.1) is 225 Å². The van der Waals surface area contributed by atoms with Gasteiger partial charge in [-0.15, -0.1) is 0 Å². The fraction of sp³-hybridized carbons (Fsp3) is 1.00. The van der Waals surface area contributed by atoms with E-state index in [0.717, 1.165) is 179 Å². The smallest absolute Gasteiger partial charge is 0.0696 e. The Morgan fingerprint density at radius 1 is 0.239 bits per heavy atom. The normalized spacial score (nSPS) is 56.7. The predicted molar refractivity (Wildman–Crippen MR) is 552 cm³/mol. The van der Waals surface area contributed by atoms with Crippen molar-refractivity contribution in [2.75, 3.05) is 0 Å². The Morgan fingerprint density at radius 2 is 0.552 bits per heavy atom. The molecule has 0 aromatic carbocycles. The highest BCUT2D eigenvalue weighted by Gasteiger charge is 2.68. The molecule has 772 valence electrons. The molecule has 0 radical (unpaired) electrons. The molecule has 24 aliphatic rings. The first-order chi connectivity index (χ1) is 62.6. The van der Waals surface area contributed by atoms with E-state index >= 15 is 0 Å². The average molecular weight is 1900 g/mol. The number of aliphatic hydroxyl groups excluding tert-OH is 2. The highest BCUT2D eigenvalue weighted by molar-refractivity contribution is 5.18. The van der Waals surface area contributed by atoms with Crippen LogP contribution in [0.1, 0.15) is 476 Å². The first-order valence-electron chi connectivity index (χ1n) is 60.0. The molecule has 18 N–H and O–H groups in total. The molecule has 8 unspecified atom stereocenters. The molecule has 24 aliphatic carbocycles. The van der Waals surface area contributed by atoms with Gasteiger partial charge in [0, 0.05) is 48.3 Å². The number of aliphatic hydroxyl groups is 2. The van der Waals surface area contributed by atoms with Crippen molar-refractivity contribution in [2.24, 2.45) is 271 Å². The van der Waals surface area contributed by atoms with Gasteiger partial charge in [-0.2, -0.15) is 0 Å². The maximum Gasteiger partial charge on any atom is 0.0696 e. The molecule has 12 heteroatoms. The lowest BCUT2D eigenvalue weighted by Gasteiger charge is -2.61. The van der Waals surface area contributed by atoms with Gasteiger partial charge in [0.1, 0.15) is 0 Å². The fourth-order valence-electron chi connectivity index (χ4n) is 46.2. The Hall–Kier alpha value is 0.180. The molecule has 134 heavy (non-hydrogen) atoms. The second kappa shape index (κ2) is 40.0. The third-order valence-electron chi connectivity index (χ3n) is 53.9. The van der Waals surface area contributed by atoms with E-state index < -0.39 is 0 Å². The summed E-state index contributed by atoms with van der Waals surface area (Å²) in [5.41, 5.74) is 57.8. The monoisotopic (exact) mass is 1900 g/mol. The number of hydrogen-bond donors (Lipinski definition) is 10. The van der Waals surface area contributed by atoms with Crippen molar-refractivity contribution in [1.82, 2.24) is 0 Å². The molecular formula is C122H216Cl2N8O2-2. The van der Waals surface area contributed by atoms with E-state index in [0.29, 0.717) is 83.5 Å². The molecule has 0 aromatic rings. The molecule has 0 heterocycles. The minimum absolute atomic E-state index is 0. The molecule has 24 saturated carbocycles. The first kappa shape index (κ1) is 106. The van der Waals surface area contributed by atoms with Crippen LogP contribution in [0.2, 0.25) is 0 Å². The van der Waals surface area contributed by atoms with Crippen LogP contribution >= 0.6 is 0 Å². The summed E-state index contributed by atoms with van der Waals surface area (Å²) in [6.45, 7) is 38.6. The second-order valence-corrected chi connectivity index (χ2v) is 59.7. The Balaban J connectivity index is 0.000000112. The number of halogens is 2. The van der Waals surface area contributed by atoms with Gasteiger partial charge in [0.25, 0.3) is 0 Å². The second-order valence-electron chi connectivity index (χ2n) is 59.7. The molecular weight excluding hydrogens is 1680 g/mol. The first-order valence-corrected chi connectivity index (χ1v) is 60.0. The van der Waals surface area contributed by atoms with Crippen molar-refractivity contribution in [3.8, 4) is 0 Å². The van der Waals surface area contributed by atoms with E-state index in [4.69, 9.17) is 45.9 Å². The number of fused-ring (bicyclic) bond motifs is 30. The summed E-state index contributed by atoms with van der Waals surface area (Å²) in [6.07, 6.45) is 81.1. The molecule has 0 saturated heterocycles. The minimum atomic E-state index is -0.262. The number of nitrogens with two attached hydrogens (primary N) is 8. The topological polar surface area (TPSA) is 249 Å². The largest absolute Gasteiger partial charge is 1.00 e. The fourth-order valence-corrected chi connectivity index (χ4v) is 46.2. The van der Waals surface area contributed by atoms with Crippen LogP contribution in [-0.2, 0) is 0 Å². The molecule has 10 nitrogen and oxygen atoms in total. The Labute approximate surface area is 836 Å². The predicted octanol–water partition coefficient (Wildman–Crippen LogP) is 21.0. The summed E-state index contributed by atoms with van der Waals surface area (Å²) < 4.78 is 0. The highest BCUT2D eigenvalue weighted by atomic mass is 35.5. The summed E-state index contributed by atoms with van der Waals surface area (Å²) in [4.78, 5) is 0. The minimum Gasteiger partial charge on any atom is -1.00 e. The highest BCUT2D eigenvalue weighted by Crippen LogP contribution is 2.75. The summed E-state index contributed by atoms with van der Waals surface area (Å²) in [5, 5.41) is 20.6. The van der Waals surface area contributed by atoms with Crippen LogP contribution < -0.4 is 70.7 Å². The zero-order valence-electron chi connectivity index (χ0n) is 89.6. The summed E-state index contributed by atoms with van der Waals surface area (Å²) >= 11 is 0. The molecule has 0 aliphatic heterocycles. The van der Waals surface area contributed by atoms with Crippen LogP contribution in [0.4, 0.5) is 0 Å². The standard InChI is InChI=1S/C27H49N.2C19H34N2.2C19H33NO.C19H33N.2ClH/c1-18(2)7-6-8-19(3)23-11-12-24-22-10-9-20-17-21(28)13-15-26(20,4)25(22)14-16-27(23,24)5;1-18-9-3-4-13(18)12-5-6-15-17(21)16(20)8-11-19(15,2)14(12)7-10-18;1-18-8-3-4-14(18)13-6-5-12-10-16(20)17(21)11-19(12,2)15(13)7-9-18;1-18-9-3-4-13(18)12-5-6-15-17(20)16(21)8-11-19(15,2)14(12)7-10-18;1-18-8-3-4-14(18)13-6-5-12-10-16(20)17(21)11-19(12,2)15(13)7-9-18;1-18-9-3-4-16(18)15-6-5-13-12-14(20)7-11-19(13,2)17(15)8-10-18;;/h18-25H,6-17,28H2,1-5H3;2*12-17H,3-11,20-21H2,1-2H3;2*12-17,21H,3-11,20H2,1-2H3;13-17H,3-12,20H2,1-2H3;2*1H/p-2/t19-,20+,21-,22+,23-,24+,25+,26+,27-;12-,13-,14-,15-,16?,17?,18-,19+;12-,13-,14-,15-,16?,17?,18-,19-;12-,13-,14-,15-,16?,17?,18-,19+;12-,13-,14-,15-,16?,17?,18-,19-;13-,14-,15-,16-,17-,18-,19-;;/m100000../s1. The Kier molecular flexibility index (Phi) is 31.5. The Morgan fingerprint density at radius 3 is 0.963 bits per heavy atom. The van der Waals surface area contributed by atoms with Crippen molar-refractivity contribution in [1.29, 1.82) is 0 Å². The molecule has 24 fully saturated rings. The van der Waals surface area contributed by atoms with Gasteiger partial charge in [-0.25, -0.2) is 0 Å². The quantitative estimate of drug-likeness (QED) is 0.125. The van der Waals surface area contributed by atoms with Gasteiger partial charge in [-0.05, 0) is 546 Å². The summed E-state index contributed by atoms with van der Waals surface area (Å²) in [7, 11) is 0. The van der Waals surface area contributed by atoms with E-state index in [2.05, 4.69) is 104 Å². The van der Waals surface area contributed by atoms with Crippen LogP contribution in [0.5, 0.6) is 0 Å². The molecule has 0 spiro atoms. The van der Waals surface area contributed by atoms with Gasteiger partial charge in [-0.3, -0.25) is 0 Å². The zero-order valence-corrected chi connectivity index (χ0v) is 91.2. The molecule has 0 bridgehead atoms. The van der Waals surface area contributed by atoms with Gasteiger partial charge in [0.15, 0.2) is 0 Å². The van der Waals surface area contributed by atoms with Crippen LogP contribution in [0.15, 0.2) is 0 Å². The van der Waals surface area contributed by atoms with Crippen molar-refractivity contribution >= 4 is 0 Å². The molecule has 48 atom stereocenters. The lowest BCUT2D eigenvalue weighted by molar-refractivity contribution is -0.129. The number of hydrogen-bond acceptors (Lipinski definition) is 10. The molecule has 0 amide bonds. The van der Waals surface area contributed by atoms with E-state index in [1.54, 1.807) is 0 Å². The van der Waals surface area contributed by atoms with E-state index in [1.807, 2.05) is 0 Å².